The Morgan fingerprint density at radius 3 is 2.76 bits per heavy atom. The zero-order valence-corrected chi connectivity index (χ0v) is 14.8. The first kappa shape index (κ1) is 17.2. The van der Waals surface area contributed by atoms with Crippen LogP contribution in [0.5, 0.6) is 0 Å². The zero-order valence-electron chi connectivity index (χ0n) is 13.9. The van der Waals surface area contributed by atoms with Crippen molar-refractivity contribution in [3.05, 3.63) is 40.1 Å². The molecule has 134 valence electrons. The number of rotatable bonds is 5. The molecule has 0 aliphatic carbocycles. The highest BCUT2D eigenvalue weighted by Crippen LogP contribution is 2.20. The van der Waals surface area contributed by atoms with Crippen LogP contribution in [0.1, 0.15) is 24.6 Å². The number of aromatic nitrogens is 5. The number of nitrogens with one attached hydrogen (secondary N) is 1. The van der Waals surface area contributed by atoms with E-state index in [1.165, 1.54) is 4.57 Å². The molecular formula is C15H20N6O3S. The van der Waals surface area contributed by atoms with E-state index in [0.29, 0.717) is 6.42 Å². The minimum atomic E-state index is -3.72. The van der Waals surface area contributed by atoms with Crippen LogP contribution >= 0.6 is 0 Å². The van der Waals surface area contributed by atoms with E-state index in [2.05, 4.69) is 19.9 Å². The van der Waals surface area contributed by atoms with Gasteiger partial charge in [0.05, 0.1) is 6.54 Å². The van der Waals surface area contributed by atoms with Crippen molar-refractivity contribution in [3.63, 3.8) is 0 Å². The molecule has 10 heteroatoms. The third-order valence-electron chi connectivity index (χ3n) is 3.79. The summed E-state index contributed by atoms with van der Waals surface area (Å²) < 4.78 is 23.9. The number of H-pyrrole nitrogens is 1. The Morgan fingerprint density at radius 1 is 1.36 bits per heavy atom. The second-order valence-electron chi connectivity index (χ2n) is 5.86. The Hall–Kier alpha value is -2.59. The first-order chi connectivity index (χ1) is 11.8. The predicted octanol–water partition coefficient (Wildman–Crippen LogP) is 0.712. The van der Waals surface area contributed by atoms with Gasteiger partial charge in [-0.3, -0.25) is 14.1 Å². The quantitative estimate of drug-likeness (QED) is 0.386. The first-order valence-corrected chi connectivity index (χ1v) is 9.66. The number of fused-ring (bicyclic) bond motifs is 1. The van der Waals surface area contributed by atoms with Crippen LogP contribution in [-0.2, 0) is 16.8 Å². The molecule has 0 radical (unpaired) electrons. The molecule has 4 N–H and O–H groups in total. The van der Waals surface area contributed by atoms with Crippen LogP contribution in [0.15, 0.2) is 28.3 Å². The third-order valence-corrected chi connectivity index (χ3v) is 5.67. The van der Waals surface area contributed by atoms with Crippen LogP contribution in [0.25, 0.3) is 11.2 Å². The van der Waals surface area contributed by atoms with Crippen LogP contribution in [0.3, 0.4) is 0 Å². The highest BCUT2D eigenvalue weighted by atomic mass is 32.3. The van der Waals surface area contributed by atoms with Gasteiger partial charge in [-0.05, 0) is 25.0 Å². The molecule has 0 spiro atoms. The highest BCUT2D eigenvalue weighted by Gasteiger charge is 2.19. The monoisotopic (exact) mass is 364 g/mol. The Labute approximate surface area is 144 Å². The smallest absolute Gasteiger partial charge is 0.328 e. The fraction of sp³-hybridized carbons (Fsp3) is 0.333. The van der Waals surface area contributed by atoms with Crippen molar-refractivity contribution in [2.45, 2.75) is 32.0 Å². The van der Waals surface area contributed by atoms with E-state index >= 15 is 0 Å². The maximum absolute atomic E-state index is 12.4. The predicted molar refractivity (Wildman–Crippen MR) is 96.2 cm³/mol. The van der Waals surface area contributed by atoms with Crippen molar-refractivity contribution < 1.29 is 8.76 Å². The third kappa shape index (κ3) is 3.30. The van der Waals surface area contributed by atoms with Crippen molar-refractivity contribution >= 4 is 27.2 Å². The van der Waals surface area contributed by atoms with Gasteiger partial charge in [-0.1, -0.05) is 13.0 Å². The number of nitrogen functional groups attached to an aromatic ring is 1. The van der Waals surface area contributed by atoms with Gasteiger partial charge in [-0.2, -0.15) is 9.97 Å². The molecule has 3 rings (SSSR count). The Bertz CT molecular complexity index is 1020. The molecule has 0 bridgehead atoms. The van der Waals surface area contributed by atoms with Crippen LogP contribution in [0, 0.1) is 6.92 Å². The second-order valence-corrected chi connectivity index (χ2v) is 8.11. The summed E-state index contributed by atoms with van der Waals surface area (Å²) in [4.78, 5) is 27.2. The lowest BCUT2D eigenvalue weighted by atomic mass is 10.2. The molecule has 0 aliphatic rings. The molecule has 3 aromatic heterocycles. The van der Waals surface area contributed by atoms with Gasteiger partial charge >= 0.3 is 5.69 Å². The summed E-state index contributed by atoms with van der Waals surface area (Å²) in [6.45, 7) is 3.88. The molecule has 0 saturated carbocycles. The van der Waals surface area contributed by atoms with Crippen molar-refractivity contribution in [2.75, 3.05) is 11.5 Å². The van der Waals surface area contributed by atoms with Gasteiger partial charge in [0.25, 0.3) is 0 Å². The fourth-order valence-corrected chi connectivity index (χ4v) is 3.84. The maximum Gasteiger partial charge on any atom is 0.328 e. The van der Waals surface area contributed by atoms with E-state index in [-0.39, 0.29) is 34.4 Å². The Morgan fingerprint density at radius 2 is 2.12 bits per heavy atom. The molecule has 3 aromatic rings. The summed E-state index contributed by atoms with van der Waals surface area (Å²) in [7, 11) is -3.72. The van der Waals surface area contributed by atoms with Gasteiger partial charge in [-0.15, -0.1) is 10.2 Å². The van der Waals surface area contributed by atoms with Crippen molar-refractivity contribution in [3.8, 4) is 0 Å². The van der Waals surface area contributed by atoms with Crippen LogP contribution in [0.4, 0.5) is 5.82 Å². The number of aryl methyl sites for hydroxylation is 1. The number of nitrogens with zero attached hydrogens (tertiary/aromatic N) is 4. The summed E-state index contributed by atoms with van der Waals surface area (Å²) in [6.07, 6.45) is 2.17. The normalized spacial score (nSPS) is 12.6. The molecule has 25 heavy (non-hydrogen) atoms. The summed E-state index contributed by atoms with van der Waals surface area (Å²) in [5.74, 6) is 0.0253. The molecular weight excluding hydrogens is 344 g/mol. The van der Waals surface area contributed by atoms with E-state index in [1.54, 1.807) is 13.1 Å². The topological polar surface area (TPSA) is 140 Å². The van der Waals surface area contributed by atoms with E-state index in [4.69, 9.17) is 5.73 Å². The lowest BCUT2D eigenvalue weighted by molar-refractivity contribution is 0.528. The van der Waals surface area contributed by atoms with Gasteiger partial charge in [0.1, 0.15) is 5.52 Å². The lowest BCUT2D eigenvalue weighted by Crippen LogP contribution is -2.21. The lowest BCUT2D eigenvalue weighted by Gasteiger charge is -2.20. The Balaban J connectivity index is 2.14. The molecule has 0 unspecified atom stereocenters. The van der Waals surface area contributed by atoms with Gasteiger partial charge in [0.2, 0.25) is 5.16 Å². The summed E-state index contributed by atoms with van der Waals surface area (Å²) >= 11 is 0. The summed E-state index contributed by atoms with van der Waals surface area (Å²) in [6, 6.07) is 3.69. The SMILES string of the molecule is CCC[SH](=O)(O)c1nc(N)c2[nH]c(=O)n(Cc3ccc(C)nc3)c2n1. The van der Waals surface area contributed by atoms with Crippen LogP contribution < -0.4 is 11.4 Å². The van der Waals surface area contributed by atoms with Crippen molar-refractivity contribution in [2.24, 2.45) is 0 Å². The van der Waals surface area contributed by atoms with Crippen LogP contribution in [-0.4, -0.2) is 39.0 Å². The Kier molecular flexibility index (Phi) is 4.39. The molecule has 3 heterocycles. The average Bonchev–Trinajstić information content (AvgIpc) is 2.86. The number of aromatic amines is 1. The maximum atomic E-state index is 12.4. The van der Waals surface area contributed by atoms with E-state index in [0.717, 1.165) is 11.3 Å². The van der Waals surface area contributed by atoms with Gasteiger partial charge < -0.3 is 10.7 Å². The van der Waals surface area contributed by atoms with Gasteiger partial charge in [0.15, 0.2) is 11.5 Å². The highest BCUT2D eigenvalue weighted by molar-refractivity contribution is 7.97. The molecule has 9 nitrogen and oxygen atoms in total. The number of nitrogens with two attached hydrogens (primary N) is 1. The average molecular weight is 364 g/mol. The summed E-state index contributed by atoms with van der Waals surface area (Å²) in [5, 5.41) is -0.228. The van der Waals surface area contributed by atoms with E-state index < -0.39 is 15.9 Å². The minimum absolute atomic E-state index is 0.0248. The fourth-order valence-electron chi connectivity index (χ4n) is 2.52. The van der Waals surface area contributed by atoms with E-state index in [9.17, 15) is 13.6 Å². The molecule has 0 aliphatic heterocycles. The molecule has 0 amide bonds. The first-order valence-electron chi connectivity index (χ1n) is 7.81. The number of anilines is 1. The molecule has 0 saturated heterocycles. The summed E-state index contributed by atoms with van der Waals surface area (Å²) in [5.41, 5.74) is 7.57. The number of pyridine rings is 1. The van der Waals surface area contributed by atoms with Crippen molar-refractivity contribution in [1.82, 2.24) is 24.5 Å². The van der Waals surface area contributed by atoms with E-state index in [1.807, 2.05) is 19.1 Å². The number of thiol groups is 1. The molecule has 0 atom stereocenters. The molecule has 0 fully saturated rings. The van der Waals surface area contributed by atoms with Gasteiger partial charge in [-0.25, -0.2) is 9.00 Å². The van der Waals surface area contributed by atoms with Crippen molar-refractivity contribution in [1.29, 1.82) is 0 Å². The number of hydrogen-bond donors (Lipinski definition) is 4. The number of hydrogen-bond acceptors (Lipinski definition) is 6. The second kappa shape index (κ2) is 6.37. The number of imidazole rings is 1. The standard InChI is InChI=1S/C15H20N6O3S/c1-3-6-25(23,24)14-19-12(16)11-13(20-14)21(15(22)18-11)8-10-5-4-9(2)17-7-10/h4-5,7,25H,3,6,8H2,1-2H3,(H,18,22)(H,23,24)(H2,16,19,20). The van der Waals surface area contributed by atoms with Crippen LogP contribution in [0.2, 0.25) is 0 Å². The van der Waals surface area contributed by atoms with Gasteiger partial charge in [0, 0.05) is 17.6 Å². The molecule has 0 aromatic carbocycles. The largest absolute Gasteiger partial charge is 0.382 e. The minimum Gasteiger partial charge on any atom is -0.382 e. The zero-order chi connectivity index (χ0) is 18.2.